The normalized spacial score (nSPS) is 12.5. The molecule has 1 heteroatoms. The van der Waals surface area contributed by atoms with Crippen LogP contribution in [0.25, 0.3) is 0 Å². The first-order valence-corrected chi connectivity index (χ1v) is 9.27. The van der Waals surface area contributed by atoms with Crippen LogP contribution in [0.1, 0.15) is 110 Å². The number of nitrogens with zero attached hydrogens (tertiary/aromatic N) is 1. The van der Waals surface area contributed by atoms with Crippen molar-refractivity contribution in [2.45, 2.75) is 116 Å². The lowest BCUT2D eigenvalue weighted by Gasteiger charge is -2.05. The van der Waals surface area contributed by atoms with E-state index in [1.807, 2.05) is 0 Å². The van der Waals surface area contributed by atoms with Crippen LogP contribution in [-0.2, 0) is 0 Å². The maximum Gasteiger partial charge on any atom is 0.0464 e. The van der Waals surface area contributed by atoms with Crippen LogP contribution in [0.2, 0.25) is 0 Å². The quantitative estimate of drug-likeness (QED) is 0.214. The van der Waals surface area contributed by atoms with Crippen LogP contribution in [0.5, 0.6) is 0 Å². The van der Waals surface area contributed by atoms with Crippen LogP contribution in [-0.4, -0.2) is 12.8 Å². The summed E-state index contributed by atoms with van der Waals surface area (Å²) < 4.78 is 0. The van der Waals surface area contributed by atoms with Gasteiger partial charge in [0, 0.05) is 6.04 Å². The average molecular weight is 282 g/mol. The summed E-state index contributed by atoms with van der Waals surface area (Å²) in [6.45, 7) is 8.05. The van der Waals surface area contributed by atoms with E-state index in [-0.39, 0.29) is 0 Å². The van der Waals surface area contributed by atoms with Gasteiger partial charge in [0.05, 0.1) is 0 Å². The number of aliphatic imine (C=N–C) groups is 1. The van der Waals surface area contributed by atoms with Gasteiger partial charge in [0.15, 0.2) is 0 Å². The number of hydrogen-bond acceptors (Lipinski definition) is 1. The molecule has 1 nitrogen and oxygen atoms in total. The molecule has 0 radical (unpaired) electrons. The van der Waals surface area contributed by atoms with E-state index in [0.717, 1.165) is 0 Å². The molecule has 0 fully saturated rings. The van der Waals surface area contributed by atoms with Crippen molar-refractivity contribution in [3.63, 3.8) is 0 Å². The van der Waals surface area contributed by atoms with Gasteiger partial charge in [0.25, 0.3) is 0 Å². The minimum Gasteiger partial charge on any atom is -0.298 e. The lowest BCUT2D eigenvalue weighted by molar-refractivity contribution is 0.524. The Morgan fingerprint density at radius 2 is 1.00 bits per heavy atom. The van der Waals surface area contributed by atoms with E-state index >= 15 is 0 Å². The molecule has 120 valence electrons. The summed E-state index contributed by atoms with van der Waals surface area (Å²) in [5.41, 5.74) is 0. The van der Waals surface area contributed by atoms with Gasteiger partial charge in [0.1, 0.15) is 0 Å². The van der Waals surface area contributed by atoms with Crippen LogP contribution in [0.3, 0.4) is 0 Å². The van der Waals surface area contributed by atoms with E-state index < -0.39 is 0 Å². The van der Waals surface area contributed by atoms with Crippen molar-refractivity contribution in [3.05, 3.63) is 0 Å². The van der Waals surface area contributed by atoms with E-state index in [1.54, 1.807) is 0 Å². The third-order valence-electron chi connectivity index (χ3n) is 4.29. The fourth-order valence-corrected chi connectivity index (χ4v) is 2.73. The standard InChI is InChI=1S/C19H39N/c1-4-5-6-7-8-9-10-11-12-13-14-15-16-17-18-19(2)20-3/h19H,3-18H2,1-2H3. The molecule has 0 rings (SSSR count). The molecule has 0 aromatic rings. The van der Waals surface area contributed by atoms with Crippen LogP contribution in [0.15, 0.2) is 4.99 Å². The van der Waals surface area contributed by atoms with Gasteiger partial charge < -0.3 is 0 Å². The van der Waals surface area contributed by atoms with Gasteiger partial charge in [-0.3, -0.25) is 4.99 Å². The van der Waals surface area contributed by atoms with Crippen molar-refractivity contribution >= 4 is 6.72 Å². The van der Waals surface area contributed by atoms with Gasteiger partial charge >= 0.3 is 0 Å². The molecule has 0 aliphatic heterocycles. The average Bonchev–Trinajstić information content (AvgIpc) is 2.47. The Kier molecular flexibility index (Phi) is 16.4. The summed E-state index contributed by atoms with van der Waals surface area (Å²) in [6, 6.07) is 0.465. The Hall–Kier alpha value is -0.330. The third-order valence-corrected chi connectivity index (χ3v) is 4.29. The molecule has 0 amide bonds. The summed E-state index contributed by atoms with van der Waals surface area (Å²) in [4.78, 5) is 4.04. The Bertz CT molecular complexity index is 188. The molecule has 20 heavy (non-hydrogen) atoms. The second-order valence-corrected chi connectivity index (χ2v) is 6.42. The minimum atomic E-state index is 0.465. The molecule has 0 aromatic carbocycles. The van der Waals surface area contributed by atoms with Crippen LogP contribution >= 0.6 is 0 Å². The molecule has 0 aliphatic rings. The zero-order valence-corrected chi connectivity index (χ0v) is 14.3. The van der Waals surface area contributed by atoms with Gasteiger partial charge in [-0.1, -0.05) is 96.8 Å². The van der Waals surface area contributed by atoms with Crippen molar-refractivity contribution in [3.8, 4) is 0 Å². The fourth-order valence-electron chi connectivity index (χ4n) is 2.73. The molecule has 1 atom stereocenters. The second kappa shape index (κ2) is 16.7. The highest BCUT2D eigenvalue weighted by Gasteiger charge is 1.97. The molecule has 1 unspecified atom stereocenters. The van der Waals surface area contributed by atoms with Crippen molar-refractivity contribution in [1.29, 1.82) is 0 Å². The van der Waals surface area contributed by atoms with Crippen LogP contribution < -0.4 is 0 Å². The molecule has 0 aromatic heterocycles. The van der Waals surface area contributed by atoms with Crippen molar-refractivity contribution in [2.24, 2.45) is 4.99 Å². The summed E-state index contributed by atoms with van der Waals surface area (Å²) in [5, 5.41) is 0. The van der Waals surface area contributed by atoms with Gasteiger partial charge in [0.2, 0.25) is 0 Å². The Labute approximate surface area is 128 Å². The highest BCUT2D eigenvalue weighted by atomic mass is 14.7. The maximum atomic E-state index is 4.04. The first-order valence-electron chi connectivity index (χ1n) is 9.27. The lowest BCUT2D eigenvalue weighted by Crippen LogP contribution is -1.95. The second-order valence-electron chi connectivity index (χ2n) is 6.42. The number of hydrogen-bond donors (Lipinski definition) is 0. The highest BCUT2D eigenvalue weighted by Crippen LogP contribution is 2.13. The zero-order chi connectivity index (χ0) is 14.9. The molecular weight excluding hydrogens is 242 g/mol. The SMILES string of the molecule is C=NC(C)CCCCCCCCCCCCCCCC. The summed E-state index contributed by atoms with van der Waals surface area (Å²) in [7, 11) is 0. The molecule has 0 bridgehead atoms. The number of rotatable bonds is 16. The van der Waals surface area contributed by atoms with E-state index in [1.165, 1.54) is 96.3 Å². The monoisotopic (exact) mass is 281 g/mol. The first kappa shape index (κ1) is 19.7. The van der Waals surface area contributed by atoms with Crippen LogP contribution in [0.4, 0.5) is 0 Å². The summed E-state index contributed by atoms with van der Waals surface area (Å²) in [5.74, 6) is 0. The molecule has 0 saturated heterocycles. The van der Waals surface area contributed by atoms with Gasteiger partial charge in [-0.25, -0.2) is 0 Å². The maximum absolute atomic E-state index is 4.04. The molecule has 0 aliphatic carbocycles. The van der Waals surface area contributed by atoms with Crippen molar-refractivity contribution in [2.75, 3.05) is 0 Å². The zero-order valence-electron chi connectivity index (χ0n) is 14.3. The lowest BCUT2D eigenvalue weighted by atomic mass is 10.0. The molecule has 0 N–H and O–H groups in total. The highest BCUT2D eigenvalue weighted by molar-refractivity contribution is 5.23. The Morgan fingerprint density at radius 1 is 0.650 bits per heavy atom. The predicted octanol–water partition coefficient (Wildman–Crippen LogP) is 6.95. The van der Waals surface area contributed by atoms with Crippen molar-refractivity contribution < 1.29 is 0 Å². The first-order chi connectivity index (χ1) is 9.81. The molecular formula is C19H39N. The van der Waals surface area contributed by atoms with E-state index in [4.69, 9.17) is 0 Å². The molecule has 0 spiro atoms. The Balaban J connectivity index is 2.97. The predicted molar refractivity (Wildman–Crippen MR) is 93.9 cm³/mol. The molecule has 0 heterocycles. The topological polar surface area (TPSA) is 12.4 Å². The van der Waals surface area contributed by atoms with E-state index in [0.29, 0.717) is 6.04 Å². The van der Waals surface area contributed by atoms with E-state index in [9.17, 15) is 0 Å². The molecule has 0 saturated carbocycles. The number of unbranched alkanes of at least 4 members (excludes halogenated alkanes) is 13. The third kappa shape index (κ3) is 15.7. The fraction of sp³-hybridized carbons (Fsp3) is 0.947. The van der Waals surface area contributed by atoms with E-state index in [2.05, 4.69) is 25.6 Å². The smallest absolute Gasteiger partial charge is 0.0464 e. The van der Waals surface area contributed by atoms with Gasteiger partial charge in [-0.15, -0.1) is 0 Å². The summed E-state index contributed by atoms with van der Waals surface area (Å²) >= 11 is 0. The Morgan fingerprint density at radius 3 is 1.35 bits per heavy atom. The van der Waals surface area contributed by atoms with Gasteiger partial charge in [-0.2, -0.15) is 0 Å². The van der Waals surface area contributed by atoms with Crippen LogP contribution in [0, 0.1) is 0 Å². The minimum absolute atomic E-state index is 0.465. The van der Waals surface area contributed by atoms with Gasteiger partial charge in [-0.05, 0) is 20.1 Å². The summed E-state index contributed by atoms with van der Waals surface area (Å²) in [6.07, 6.45) is 21.3. The largest absolute Gasteiger partial charge is 0.298 e. The van der Waals surface area contributed by atoms with Crippen molar-refractivity contribution in [1.82, 2.24) is 0 Å².